The molecule has 1 aromatic rings. The van der Waals surface area contributed by atoms with Crippen LogP contribution in [0.2, 0.25) is 0 Å². The molecule has 0 aliphatic rings. The molecule has 1 rings (SSSR count). The molecule has 84 valence electrons. The van der Waals surface area contributed by atoms with Crippen LogP contribution in [0.25, 0.3) is 0 Å². The van der Waals surface area contributed by atoms with E-state index in [-0.39, 0.29) is 5.91 Å². The topological polar surface area (TPSA) is 46.3 Å². The van der Waals surface area contributed by atoms with Crippen LogP contribution >= 0.6 is 0 Å². The Balaban J connectivity index is 2.54. The number of carbonyl (C=O) groups is 1. The van der Waals surface area contributed by atoms with E-state index in [1.165, 1.54) is 0 Å². The number of rotatable bonds is 4. The van der Waals surface area contributed by atoms with Gasteiger partial charge in [-0.3, -0.25) is 4.79 Å². The molecule has 0 aliphatic heterocycles. The maximum absolute atomic E-state index is 11.6. The maximum atomic E-state index is 11.6. The monoisotopic (exact) mass is 210 g/mol. The van der Waals surface area contributed by atoms with E-state index in [1.807, 2.05) is 27.8 Å². The molecule has 4 nitrogen and oxygen atoms in total. The Morgan fingerprint density at radius 1 is 1.47 bits per heavy atom. The minimum Gasteiger partial charge on any atom is -0.361 e. The van der Waals surface area contributed by atoms with Crippen LogP contribution in [-0.4, -0.2) is 29.6 Å². The summed E-state index contributed by atoms with van der Waals surface area (Å²) < 4.78 is 5.04. The molecule has 0 atom stereocenters. The van der Waals surface area contributed by atoms with Gasteiger partial charge in [-0.05, 0) is 27.2 Å². The number of hydrogen-bond acceptors (Lipinski definition) is 3. The van der Waals surface area contributed by atoms with Crippen LogP contribution in [-0.2, 0) is 11.2 Å². The molecule has 0 N–H and O–H groups in total. The summed E-state index contributed by atoms with van der Waals surface area (Å²) in [7, 11) is 1.82. The van der Waals surface area contributed by atoms with Crippen LogP contribution in [0, 0.1) is 13.8 Å². The zero-order valence-corrected chi connectivity index (χ0v) is 9.83. The smallest absolute Gasteiger partial charge is 0.222 e. The van der Waals surface area contributed by atoms with Crippen LogP contribution in [0.4, 0.5) is 0 Å². The third-order valence-corrected chi connectivity index (χ3v) is 2.67. The Labute approximate surface area is 90.2 Å². The second kappa shape index (κ2) is 4.96. The van der Waals surface area contributed by atoms with Crippen LogP contribution in [0.15, 0.2) is 4.52 Å². The highest BCUT2D eigenvalue weighted by Gasteiger charge is 2.12. The summed E-state index contributed by atoms with van der Waals surface area (Å²) >= 11 is 0. The molecule has 0 spiro atoms. The molecule has 0 aliphatic carbocycles. The van der Waals surface area contributed by atoms with Gasteiger partial charge in [0.25, 0.3) is 0 Å². The van der Waals surface area contributed by atoms with Crippen molar-refractivity contribution in [2.45, 2.75) is 33.6 Å². The predicted octanol–water partition coefficient (Wildman–Crippen LogP) is 1.70. The number of hydrogen-bond donors (Lipinski definition) is 0. The fourth-order valence-electron chi connectivity index (χ4n) is 1.46. The fourth-order valence-corrected chi connectivity index (χ4v) is 1.46. The zero-order chi connectivity index (χ0) is 11.4. The molecule has 1 amide bonds. The summed E-state index contributed by atoms with van der Waals surface area (Å²) in [5.74, 6) is 0.983. The van der Waals surface area contributed by atoms with E-state index in [0.29, 0.717) is 12.8 Å². The average Bonchev–Trinajstić information content (AvgIpc) is 2.54. The van der Waals surface area contributed by atoms with Crippen molar-refractivity contribution in [2.75, 3.05) is 13.6 Å². The number of amides is 1. The van der Waals surface area contributed by atoms with E-state index in [2.05, 4.69) is 5.16 Å². The van der Waals surface area contributed by atoms with Gasteiger partial charge in [0.05, 0.1) is 5.69 Å². The van der Waals surface area contributed by atoms with Gasteiger partial charge in [0, 0.05) is 25.6 Å². The number of aryl methyl sites for hydroxylation is 2. The lowest BCUT2D eigenvalue weighted by Crippen LogP contribution is -2.26. The van der Waals surface area contributed by atoms with E-state index in [9.17, 15) is 4.79 Å². The van der Waals surface area contributed by atoms with Crippen molar-refractivity contribution in [1.82, 2.24) is 10.1 Å². The third kappa shape index (κ3) is 2.81. The summed E-state index contributed by atoms with van der Waals surface area (Å²) in [6.07, 6.45) is 1.23. The van der Waals surface area contributed by atoms with Crippen molar-refractivity contribution < 1.29 is 9.32 Å². The van der Waals surface area contributed by atoms with Gasteiger partial charge in [0.15, 0.2) is 0 Å². The molecule has 0 saturated heterocycles. The van der Waals surface area contributed by atoms with Crippen LogP contribution < -0.4 is 0 Å². The first-order valence-electron chi connectivity index (χ1n) is 5.22. The molecule has 0 bridgehead atoms. The summed E-state index contributed by atoms with van der Waals surface area (Å²) in [5.41, 5.74) is 1.95. The van der Waals surface area contributed by atoms with E-state index < -0.39 is 0 Å². The van der Waals surface area contributed by atoms with Crippen LogP contribution in [0.3, 0.4) is 0 Å². The lowest BCUT2D eigenvalue weighted by molar-refractivity contribution is -0.129. The maximum Gasteiger partial charge on any atom is 0.222 e. The van der Waals surface area contributed by atoms with Crippen molar-refractivity contribution in [3.63, 3.8) is 0 Å². The molecule has 1 aromatic heterocycles. The van der Waals surface area contributed by atoms with Gasteiger partial charge in [0.2, 0.25) is 5.91 Å². The number of carbonyl (C=O) groups excluding carboxylic acids is 1. The zero-order valence-electron chi connectivity index (χ0n) is 9.83. The molecule has 0 aromatic carbocycles. The van der Waals surface area contributed by atoms with Crippen molar-refractivity contribution in [2.24, 2.45) is 0 Å². The molecular formula is C11H18N2O2. The van der Waals surface area contributed by atoms with E-state index >= 15 is 0 Å². The van der Waals surface area contributed by atoms with Gasteiger partial charge in [-0.2, -0.15) is 0 Å². The molecular weight excluding hydrogens is 192 g/mol. The van der Waals surface area contributed by atoms with Crippen LogP contribution in [0.1, 0.15) is 30.4 Å². The lowest BCUT2D eigenvalue weighted by Gasteiger charge is -2.13. The Morgan fingerprint density at radius 3 is 2.60 bits per heavy atom. The van der Waals surface area contributed by atoms with E-state index in [1.54, 1.807) is 4.90 Å². The fraction of sp³-hybridized carbons (Fsp3) is 0.636. The van der Waals surface area contributed by atoms with E-state index in [0.717, 1.165) is 23.6 Å². The molecule has 0 fully saturated rings. The molecule has 0 radical (unpaired) electrons. The van der Waals surface area contributed by atoms with Gasteiger partial charge in [-0.1, -0.05) is 5.16 Å². The molecule has 15 heavy (non-hydrogen) atoms. The Kier molecular flexibility index (Phi) is 3.88. The average molecular weight is 210 g/mol. The third-order valence-electron chi connectivity index (χ3n) is 2.67. The molecule has 1 heterocycles. The second-order valence-electron chi connectivity index (χ2n) is 3.71. The molecule has 0 unspecified atom stereocenters. The molecule has 0 saturated carbocycles. The quantitative estimate of drug-likeness (QED) is 0.760. The van der Waals surface area contributed by atoms with Gasteiger partial charge < -0.3 is 9.42 Å². The Morgan fingerprint density at radius 2 is 2.13 bits per heavy atom. The predicted molar refractivity (Wildman–Crippen MR) is 57.6 cm³/mol. The van der Waals surface area contributed by atoms with Crippen molar-refractivity contribution in [3.8, 4) is 0 Å². The summed E-state index contributed by atoms with van der Waals surface area (Å²) in [5, 5.41) is 3.86. The first-order chi connectivity index (χ1) is 7.06. The van der Waals surface area contributed by atoms with Crippen molar-refractivity contribution in [3.05, 3.63) is 17.0 Å². The van der Waals surface area contributed by atoms with Gasteiger partial charge in [-0.25, -0.2) is 0 Å². The Hall–Kier alpha value is -1.32. The van der Waals surface area contributed by atoms with Crippen molar-refractivity contribution in [1.29, 1.82) is 0 Å². The standard InChI is InChI=1S/C11H18N2O2/c1-5-13(4)11(14)7-6-10-8(2)12-15-9(10)3/h5-7H2,1-4H3. The summed E-state index contributed by atoms with van der Waals surface area (Å²) in [6.45, 7) is 6.50. The summed E-state index contributed by atoms with van der Waals surface area (Å²) in [6, 6.07) is 0. The highest BCUT2D eigenvalue weighted by atomic mass is 16.5. The summed E-state index contributed by atoms with van der Waals surface area (Å²) in [4.78, 5) is 13.3. The highest BCUT2D eigenvalue weighted by molar-refractivity contribution is 5.76. The van der Waals surface area contributed by atoms with E-state index in [4.69, 9.17) is 4.52 Å². The minimum atomic E-state index is 0.164. The molecule has 4 heteroatoms. The number of aromatic nitrogens is 1. The van der Waals surface area contributed by atoms with Crippen molar-refractivity contribution >= 4 is 5.91 Å². The Bertz CT molecular complexity index is 325. The lowest BCUT2D eigenvalue weighted by atomic mass is 10.1. The SMILES string of the molecule is CCN(C)C(=O)CCc1c(C)noc1C. The normalized spacial score (nSPS) is 10.4. The number of nitrogens with zero attached hydrogens (tertiary/aromatic N) is 2. The van der Waals surface area contributed by atoms with Gasteiger partial charge >= 0.3 is 0 Å². The first kappa shape index (κ1) is 11.8. The largest absolute Gasteiger partial charge is 0.361 e. The first-order valence-corrected chi connectivity index (χ1v) is 5.22. The minimum absolute atomic E-state index is 0.164. The highest BCUT2D eigenvalue weighted by Crippen LogP contribution is 2.14. The van der Waals surface area contributed by atoms with Crippen LogP contribution in [0.5, 0.6) is 0 Å². The second-order valence-corrected chi connectivity index (χ2v) is 3.71. The van der Waals surface area contributed by atoms with Gasteiger partial charge in [-0.15, -0.1) is 0 Å². The van der Waals surface area contributed by atoms with Gasteiger partial charge in [0.1, 0.15) is 5.76 Å².